The van der Waals surface area contributed by atoms with Crippen molar-refractivity contribution in [1.82, 2.24) is 0 Å². The van der Waals surface area contributed by atoms with Crippen LogP contribution in [0.3, 0.4) is 0 Å². The summed E-state index contributed by atoms with van der Waals surface area (Å²) in [5.41, 5.74) is 7.50. The maximum Gasteiger partial charge on any atom is 0.0323 e. The molecule has 0 aromatic heterocycles. The summed E-state index contributed by atoms with van der Waals surface area (Å²) in [7, 11) is 0. The SMILES string of the molecule is Cl.N[C@H](c1ccccc1)C1CCCC1. The maximum atomic E-state index is 6.20. The van der Waals surface area contributed by atoms with E-state index in [1.807, 2.05) is 6.07 Å². The zero-order chi connectivity index (χ0) is 9.10. The lowest BCUT2D eigenvalue weighted by Gasteiger charge is -2.18. The molecule has 1 aliphatic carbocycles. The molecule has 78 valence electrons. The first-order valence-electron chi connectivity index (χ1n) is 5.18. The molecular formula is C12H18ClN. The molecule has 2 heteroatoms. The smallest absolute Gasteiger partial charge is 0.0323 e. The molecule has 1 aliphatic rings. The summed E-state index contributed by atoms with van der Waals surface area (Å²) >= 11 is 0. The quantitative estimate of drug-likeness (QED) is 0.798. The van der Waals surface area contributed by atoms with Crippen LogP contribution in [0.15, 0.2) is 30.3 Å². The first kappa shape index (κ1) is 11.5. The molecule has 0 unspecified atom stereocenters. The van der Waals surface area contributed by atoms with E-state index in [2.05, 4.69) is 24.3 Å². The third kappa shape index (κ3) is 2.49. The molecule has 0 saturated heterocycles. The minimum Gasteiger partial charge on any atom is -0.324 e. The summed E-state index contributed by atoms with van der Waals surface area (Å²) in [5.74, 6) is 0.724. The highest BCUT2D eigenvalue weighted by molar-refractivity contribution is 5.85. The van der Waals surface area contributed by atoms with Crippen molar-refractivity contribution in [3.05, 3.63) is 35.9 Å². The monoisotopic (exact) mass is 211 g/mol. The molecule has 1 aromatic carbocycles. The van der Waals surface area contributed by atoms with Crippen LogP contribution >= 0.6 is 12.4 Å². The Morgan fingerprint density at radius 1 is 1.07 bits per heavy atom. The van der Waals surface area contributed by atoms with Gasteiger partial charge in [-0.05, 0) is 24.3 Å². The Balaban J connectivity index is 0.000000980. The fraction of sp³-hybridized carbons (Fsp3) is 0.500. The Morgan fingerprint density at radius 3 is 2.21 bits per heavy atom. The molecule has 1 saturated carbocycles. The number of hydrogen-bond donors (Lipinski definition) is 1. The molecule has 1 atom stereocenters. The van der Waals surface area contributed by atoms with Gasteiger partial charge in [0, 0.05) is 6.04 Å². The standard InChI is InChI=1S/C12H17N.ClH/c13-12(11-8-4-5-9-11)10-6-2-1-3-7-10;/h1-3,6-7,11-12H,4-5,8-9,13H2;1H/t12-;/m1./s1. The van der Waals surface area contributed by atoms with Crippen molar-refractivity contribution >= 4 is 12.4 Å². The van der Waals surface area contributed by atoms with Gasteiger partial charge in [-0.25, -0.2) is 0 Å². The third-order valence-electron chi connectivity index (χ3n) is 3.09. The van der Waals surface area contributed by atoms with Crippen molar-refractivity contribution in [2.24, 2.45) is 11.7 Å². The number of rotatable bonds is 2. The van der Waals surface area contributed by atoms with Crippen LogP contribution in [0.2, 0.25) is 0 Å². The summed E-state index contributed by atoms with van der Waals surface area (Å²) in [6.45, 7) is 0. The van der Waals surface area contributed by atoms with E-state index in [-0.39, 0.29) is 18.4 Å². The van der Waals surface area contributed by atoms with Gasteiger partial charge in [0.1, 0.15) is 0 Å². The van der Waals surface area contributed by atoms with E-state index in [0.717, 1.165) is 5.92 Å². The molecule has 2 N–H and O–H groups in total. The zero-order valence-corrected chi connectivity index (χ0v) is 9.17. The van der Waals surface area contributed by atoms with E-state index in [0.29, 0.717) is 0 Å². The van der Waals surface area contributed by atoms with Crippen molar-refractivity contribution in [1.29, 1.82) is 0 Å². The summed E-state index contributed by atoms with van der Waals surface area (Å²) in [6, 6.07) is 10.7. The maximum absolute atomic E-state index is 6.20. The Morgan fingerprint density at radius 2 is 1.64 bits per heavy atom. The number of nitrogens with two attached hydrogens (primary N) is 1. The Labute approximate surface area is 92.1 Å². The van der Waals surface area contributed by atoms with Gasteiger partial charge in [-0.1, -0.05) is 43.2 Å². The average molecular weight is 212 g/mol. The lowest BCUT2D eigenvalue weighted by Crippen LogP contribution is -2.18. The molecule has 1 nitrogen and oxygen atoms in total. The van der Waals surface area contributed by atoms with Gasteiger partial charge in [-0.3, -0.25) is 0 Å². The van der Waals surface area contributed by atoms with E-state index in [9.17, 15) is 0 Å². The van der Waals surface area contributed by atoms with E-state index >= 15 is 0 Å². The predicted octanol–water partition coefficient (Wildman–Crippen LogP) is 3.30. The van der Waals surface area contributed by atoms with Crippen LogP contribution in [0.25, 0.3) is 0 Å². The second kappa shape index (κ2) is 5.38. The Kier molecular flexibility index (Phi) is 4.43. The average Bonchev–Trinajstić information content (AvgIpc) is 2.71. The van der Waals surface area contributed by atoms with Crippen LogP contribution in [0, 0.1) is 5.92 Å². The summed E-state index contributed by atoms with van der Waals surface area (Å²) in [5, 5.41) is 0. The largest absolute Gasteiger partial charge is 0.324 e. The van der Waals surface area contributed by atoms with Crippen LogP contribution < -0.4 is 5.73 Å². The minimum atomic E-state index is 0. The Bertz CT molecular complexity index is 254. The van der Waals surface area contributed by atoms with Gasteiger partial charge in [0.2, 0.25) is 0 Å². The fourth-order valence-electron chi connectivity index (χ4n) is 2.26. The highest BCUT2D eigenvalue weighted by atomic mass is 35.5. The van der Waals surface area contributed by atoms with Gasteiger partial charge >= 0.3 is 0 Å². The van der Waals surface area contributed by atoms with Crippen molar-refractivity contribution in [3.63, 3.8) is 0 Å². The number of halogens is 1. The molecule has 0 amide bonds. The summed E-state index contributed by atoms with van der Waals surface area (Å²) in [4.78, 5) is 0. The van der Waals surface area contributed by atoms with Gasteiger partial charge in [-0.2, -0.15) is 0 Å². The molecule has 1 fully saturated rings. The summed E-state index contributed by atoms with van der Waals surface area (Å²) < 4.78 is 0. The van der Waals surface area contributed by atoms with E-state index < -0.39 is 0 Å². The fourth-order valence-corrected chi connectivity index (χ4v) is 2.26. The van der Waals surface area contributed by atoms with Crippen molar-refractivity contribution in [2.45, 2.75) is 31.7 Å². The van der Waals surface area contributed by atoms with E-state index in [4.69, 9.17) is 5.73 Å². The van der Waals surface area contributed by atoms with Crippen molar-refractivity contribution < 1.29 is 0 Å². The van der Waals surface area contributed by atoms with Crippen LogP contribution in [0.5, 0.6) is 0 Å². The molecular weight excluding hydrogens is 194 g/mol. The number of hydrogen-bond acceptors (Lipinski definition) is 1. The highest BCUT2D eigenvalue weighted by Crippen LogP contribution is 2.33. The van der Waals surface area contributed by atoms with Crippen LogP contribution in [0.4, 0.5) is 0 Å². The lowest BCUT2D eigenvalue weighted by atomic mass is 9.93. The number of benzene rings is 1. The topological polar surface area (TPSA) is 26.0 Å². The van der Waals surface area contributed by atoms with Gasteiger partial charge in [-0.15, -0.1) is 12.4 Å². The highest BCUT2D eigenvalue weighted by Gasteiger charge is 2.22. The Hall–Kier alpha value is -0.530. The minimum absolute atomic E-state index is 0. The normalized spacial score (nSPS) is 18.9. The third-order valence-corrected chi connectivity index (χ3v) is 3.09. The lowest BCUT2D eigenvalue weighted by molar-refractivity contribution is 0.445. The van der Waals surface area contributed by atoms with Crippen molar-refractivity contribution in [3.8, 4) is 0 Å². The predicted molar refractivity (Wildman–Crippen MR) is 62.6 cm³/mol. The van der Waals surface area contributed by atoms with Crippen molar-refractivity contribution in [2.75, 3.05) is 0 Å². The molecule has 0 aliphatic heterocycles. The first-order chi connectivity index (χ1) is 6.38. The molecule has 14 heavy (non-hydrogen) atoms. The van der Waals surface area contributed by atoms with Crippen LogP contribution in [-0.4, -0.2) is 0 Å². The van der Waals surface area contributed by atoms with Gasteiger partial charge in [0.05, 0.1) is 0 Å². The molecule has 0 bridgehead atoms. The summed E-state index contributed by atoms with van der Waals surface area (Å²) in [6.07, 6.45) is 5.36. The second-order valence-corrected chi connectivity index (χ2v) is 3.98. The molecule has 1 aromatic rings. The molecule has 0 spiro atoms. The zero-order valence-electron chi connectivity index (χ0n) is 8.36. The van der Waals surface area contributed by atoms with Gasteiger partial charge < -0.3 is 5.73 Å². The molecule has 0 heterocycles. The van der Waals surface area contributed by atoms with Crippen LogP contribution in [-0.2, 0) is 0 Å². The molecule has 2 rings (SSSR count). The van der Waals surface area contributed by atoms with E-state index in [1.54, 1.807) is 0 Å². The second-order valence-electron chi connectivity index (χ2n) is 3.98. The van der Waals surface area contributed by atoms with Crippen LogP contribution in [0.1, 0.15) is 37.3 Å². The van der Waals surface area contributed by atoms with Gasteiger partial charge in [0.15, 0.2) is 0 Å². The molecule has 0 radical (unpaired) electrons. The van der Waals surface area contributed by atoms with E-state index in [1.165, 1.54) is 31.2 Å². The van der Waals surface area contributed by atoms with Gasteiger partial charge in [0.25, 0.3) is 0 Å². The first-order valence-corrected chi connectivity index (χ1v) is 5.18.